The molecule has 1 aromatic heterocycles. The van der Waals surface area contributed by atoms with Crippen molar-refractivity contribution in [2.75, 3.05) is 5.75 Å². The molecule has 0 spiro atoms. The molecule has 2 unspecified atom stereocenters. The molecule has 0 bridgehead atoms. The maximum atomic E-state index is 12.6. The molecule has 1 aromatic rings. The summed E-state index contributed by atoms with van der Waals surface area (Å²) < 4.78 is 23.5. The first-order valence-electron chi connectivity index (χ1n) is 4.73. The molecule has 0 saturated carbocycles. The van der Waals surface area contributed by atoms with Gasteiger partial charge in [0.2, 0.25) is 0 Å². The monoisotopic (exact) mass is 231 g/mol. The minimum atomic E-state index is -1.38. The van der Waals surface area contributed by atoms with Crippen LogP contribution in [0.5, 0.6) is 0 Å². The van der Waals surface area contributed by atoms with Crippen molar-refractivity contribution in [3.63, 3.8) is 0 Å². The molecule has 1 heterocycles. The molecule has 0 aliphatic rings. The van der Waals surface area contributed by atoms with Crippen molar-refractivity contribution >= 4 is 11.0 Å². The first-order chi connectivity index (χ1) is 7.13. The average molecular weight is 231 g/mol. The second-order valence-corrected chi connectivity index (χ2v) is 4.39. The van der Waals surface area contributed by atoms with Crippen LogP contribution in [-0.2, 0) is 11.0 Å². The van der Waals surface area contributed by atoms with Crippen molar-refractivity contribution in [3.8, 4) is 0 Å². The third-order valence-electron chi connectivity index (χ3n) is 2.01. The predicted molar refractivity (Wildman–Crippen MR) is 56.8 cm³/mol. The number of rotatable bonds is 5. The van der Waals surface area contributed by atoms with Gasteiger partial charge in [0, 0.05) is 11.7 Å². The van der Waals surface area contributed by atoms with E-state index in [1.165, 1.54) is 0 Å². The average Bonchev–Trinajstić information content (AvgIpc) is 2.17. The summed E-state index contributed by atoms with van der Waals surface area (Å²) in [6, 6.07) is 0. The van der Waals surface area contributed by atoms with Crippen LogP contribution in [0.1, 0.15) is 31.5 Å². The van der Waals surface area contributed by atoms with Crippen LogP contribution in [0.15, 0.2) is 12.4 Å². The van der Waals surface area contributed by atoms with Gasteiger partial charge in [-0.3, -0.25) is 5.14 Å². The number of aromatic nitrogens is 2. The van der Waals surface area contributed by atoms with Crippen LogP contribution in [0.2, 0.25) is 0 Å². The summed E-state index contributed by atoms with van der Waals surface area (Å²) in [5, 5.41) is 5.23. The molecule has 6 heteroatoms. The number of hydrogen-bond acceptors (Lipinski definition) is 3. The Kier molecular flexibility index (Phi) is 4.77. The van der Waals surface area contributed by atoms with Crippen LogP contribution in [0.25, 0.3) is 0 Å². The fourth-order valence-corrected chi connectivity index (χ4v) is 2.08. The number of nitrogens with zero attached hydrogens (tertiary/aromatic N) is 2. The molecule has 4 nitrogen and oxygen atoms in total. The van der Waals surface area contributed by atoms with Gasteiger partial charge < -0.3 is 0 Å². The summed E-state index contributed by atoms with van der Waals surface area (Å²) in [6.07, 6.45) is 3.95. The quantitative estimate of drug-likeness (QED) is 0.825. The highest BCUT2D eigenvalue weighted by Crippen LogP contribution is 2.17. The molecule has 0 aliphatic carbocycles. The first kappa shape index (κ1) is 12.2. The van der Waals surface area contributed by atoms with Gasteiger partial charge in [-0.05, 0) is 6.42 Å². The second-order valence-electron chi connectivity index (χ2n) is 3.29. The van der Waals surface area contributed by atoms with Crippen LogP contribution < -0.4 is 5.14 Å². The summed E-state index contributed by atoms with van der Waals surface area (Å²) in [5.74, 6) is 0.306. The number of hydrogen-bond donors (Lipinski definition) is 1. The van der Waals surface area contributed by atoms with E-state index in [-0.39, 0.29) is 5.92 Å². The maximum Gasteiger partial charge on any atom is 0.159 e. The summed E-state index contributed by atoms with van der Waals surface area (Å²) in [5.41, 5.74) is 0. The largest absolute Gasteiger partial charge is 0.252 e. The van der Waals surface area contributed by atoms with Crippen molar-refractivity contribution < 1.29 is 8.60 Å². The fourth-order valence-electron chi connectivity index (χ4n) is 1.37. The Hall–Kier alpha value is -0.880. The molecule has 84 valence electrons. The normalized spacial score (nSPS) is 14.9. The Morgan fingerprint density at radius 2 is 2.13 bits per heavy atom. The zero-order chi connectivity index (χ0) is 11.3. The van der Waals surface area contributed by atoms with Gasteiger partial charge in [0.05, 0.1) is 23.4 Å². The zero-order valence-electron chi connectivity index (χ0n) is 8.52. The van der Waals surface area contributed by atoms with Crippen LogP contribution in [-0.4, -0.2) is 19.9 Å². The molecule has 2 N–H and O–H groups in total. The van der Waals surface area contributed by atoms with Gasteiger partial charge in [-0.15, -0.1) is 0 Å². The summed E-state index contributed by atoms with van der Waals surface area (Å²) in [7, 11) is -1.38. The molecule has 0 aliphatic heterocycles. The number of halogens is 1. The van der Waals surface area contributed by atoms with Gasteiger partial charge in [-0.1, -0.05) is 13.3 Å². The van der Waals surface area contributed by atoms with E-state index in [1.807, 2.05) is 6.92 Å². The molecule has 0 saturated heterocycles. The van der Waals surface area contributed by atoms with Crippen molar-refractivity contribution in [3.05, 3.63) is 24.0 Å². The highest BCUT2D eigenvalue weighted by Gasteiger charge is 2.15. The van der Waals surface area contributed by atoms with Crippen molar-refractivity contribution in [1.29, 1.82) is 0 Å². The first-order valence-corrected chi connectivity index (χ1v) is 6.12. The lowest BCUT2D eigenvalue weighted by atomic mass is 10.1. The van der Waals surface area contributed by atoms with Crippen LogP contribution in [0.4, 0.5) is 4.39 Å². The Morgan fingerprint density at radius 3 is 2.60 bits per heavy atom. The highest BCUT2D eigenvalue weighted by atomic mass is 32.2. The molecule has 0 aromatic carbocycles. The van der Waals surface area contributed by atoms with Crippen LogP contribution in [0, 0.1) is 5.82 Å². The van der Waals surface area contributed by atoms with Crippen molar-refractivity contribution in [2.24, 2.45) is 5.14 Å². The molecule has 0 amide bonds. The third kappa shape index (κ3) is 4.01. The Balaban J connectivity index is 2.78. The van der Waals surface area contributed by atoms with Crippen LogP contribution >= 0.6 is 0 Å². The third-order valence-corrected chi connectivity index (χ3v) is 2.74. The van der Waals surface area contributed by atoms with Crippen LogP contribution in [0.3, 0.4) is 0 Å². The number of nitrogens with two attached hydrogens (primary N) is 1. The van der Waals surface area contributed by atoms with Crippen molar-refractivity contribution in [2.45, 2.75) is 25.7 Å². The van der Waals surface area contributed by atoms with E-state index in [4.69, 9.17) is 5.14 Å². The van der Waals surface area contributed by atoms with E-state index in [9.17, 15) is 8.60 Å². The lowest BCUT2D eigenvalue weighted by Crippen LogP contribution is -2.17. The van der Waals surface area contributed by atoms with Gasteiger partial charge in [0.25, 0.3) is 0 Å². The molecule has 0 radical (unpaired) electrons. The predicted octanol–water partition coefficient (Wildman–Crippen LogP) is 1.12. The summed E-state index contributed by atoms with van der Waals surface area (Å²) in [6.45, 7) is 2.01. The fraction of sp³-hybridized carbons (Fsp3) is 0.556. The van der Waals surface area contributed by atoms with Gasteiger partial charge in [-0.2, -0.15) is 0 Å². The molecule has 15 heavy (non-hydrogen) atoms. The van der Waals surface area contributed by atoms with Gasteiger partial charge >= 0.3 is 0 Å². The second kappa shape index (κ2) is 5.87. The minimum Gasteiger partial charge on any atom is -0.252 e. The highest BCUT2D eigenvalue weighted by molar-refractivity contribution is 7.82. The standard InChI is InChI=1S/C9H14FN3OS/c1-2-3-7(6-15(11)14)9-12-4-8(10)5-13-9/h4-5,7H,2-3,6,11H2,1H3. The topological polar surface area (TPSA) is 68.9 Å². The van der Waals surface area contributed by atoms with E-state index in [0.29, 0.717) is 11.6 Å². The lowest BCUT2D eigenvalue weighted by molar-refractivity contribution is 0.584. The Labute approximate surface area is 90.7 Å². The molecular weight excluding hydrogens is 217 g/mol. The van der Waals surface area contributed by atoms with E-state index < -0.39 is 16.8 Å². The molecular formula is C9H14FN3OS. The van der Waals surface area contributed by atoms with E-state index in [2.05, 4.69) is 9.97 Å². The van der Waals surface area contributed by atoms with Gasteiger partial charge in [-0.25, -0.2) is 18.6 Å². The van der Waals surface area contributed by atoms with Gasteiger partial charge in [0.1, 0.15) is 5.82 Å². The molecule has 0 fully saturated rings. The minimum absolute atomic E-state index is 0.0542. The summed E-state index contributed by atoms with van der Waals surface area (Å²) >= 11 is 0. The smallest absolute Gasteiger partial charge is 0.159 e. The summed E-state index contributed by atoms with van der Waals surface area (Å²) in [4.78, 5) is 7.75. The van der Waals surface area contributed by atoms with E-state index in [0.717, 1.165) is 25.2 Å². The van der Waals surface area contributed by atoms with E-state index >= 15 is 0 Å². The maximum absolute atomic E-state index is 12.6. The Morgan fingerprint density at radius 1 is 1.53 bits per heavy atom. The van der Waals surface area contributed by atoms with Crippen molar-refractivity contribution in [1.82, 2.24) is 9.97 Å². The molecule has 1 rings (SSSR count). The Bertz CT molecular complexity index is 331. The molecule has 2 atom stereocenters. The lowest BCUT2D eigenvalue weighted by Gasteiger charge is -2.12. The SMILES string of the molecule is CCCC(CS(N)=O)c1ncc(F)cn1. The zero-order valence-corrected chi connectivity index (χ0v) is 9.34. The van der Waals surface area contributed by atoms with E-state index in [1.54, 1.807) is 0 Å². The van der Waals surface area contributed by atoms with Gasteiger partial charge in [0.15, 0.2) is 5.82 Å².